The number of rotatable bonds is 7. The molecule has 1 N–H and O–H groups in total. The highest BCUT2D eigenvalue weighted by molar-refractivity contribution is 7.92. The first-order valence-corrected chi connectivity index (χ1v) is 12.7. The van der Waals surface area contributed by atoms with Gasteiger partial charge in [0.15, 0.2) is 0 Å². The summed E-state index contributed by atoms with van der Waals surface area (Å²) in [6.45, 7) is 0. The summed E-state index contributed by atoms with van der Waals surface area (Å²) < 4.78 is 38.6. The Morgan fingerprint density at radius 1 is 1.00 bits per heavy atom. The molecule has 1 aromatic heterocycles. The summed E-state index contributed by atoms with van der Waals surface area (Å²) in [6.07, 6.45) is 0. The maximum Gasteiger partial charge on any atom is 0.265 e. The lowest BCUT2D eigenvalue weighted by Crippen LogP contribution is -2.26. The van der Waals surface area contributed by atoms with Crippen LogP contribution in [0.4, 0.5) is 11.4 Å². The molecule has 3 aromatic carbocycles. The highest BCUT2D eigenvalue weighted by Gasteiger charge is 2.23. The van der Waals surface area contributed by atoms with Gasteiger partial charge < -0.3 is 14.8 Å². The van der Waals surface area contributed by atoms with Crippen molar-refractivity contribution in [1.29, 1.82) is 0 Å². The van der Waals surface area contributed by atoms with E-state index in [0.717, 1.165) is 10.1 Å². The van der Waals surface area contributed by atoms with Gasteiger partial charge >= 0.3 is 0 Å². The Morgan fingerprint density at radius 2 is 1.79 bits per heavy atom. The Balaban J connectivity index is 1.60. The molecule has 0 saturated heterocycles. The van der Waals surface area contributed by atoms with E-state index >= 15 is 0 Å². The predicted molar refractivity (Wildman–Crippen MR) is 136 cm³/mol. The molecule has 0 aliphatic rings. The summed E-state index contributed by atoms with van der Waals surface area (Å²) in [5.74, 6) is 0.772. The van der Waals surface area contributed by atoms with Crippen LogP contribution in [0.25, 0.3) is 10.1 Å². The van der Waals surface area contributed by atoms with Crippen LogP contribution in [0.5, 0.6) is 11.5 Å². The molecule has 0 radical (unpaired) electrons. The van der Waals surface area contributed by atoms with Crippen LogP contribution < -0.4 is 19.1 Å². The third kappa shape index (κ3) is 4.68. The second-order valence-electron chi connectivity index (χ2n) is 7.29. The summed E-state index contributed by atoms with van der Waals surface area (Å²) in [4.78, 5) is 13.3. The summed E-state index contributed by atoms with van der Waals surface area (Å²) >= 11 is 7.44. The van der Waals surface area contributed by atoms with Gasteiger partial charge in [-0.25, -0.2) is 8.42 Å². The quantitative estimate of drug-likeness (QED) is 0.343. The average molecular weight is 517 g/mol. The van der Waals surface area contributed by atoms with Gasteiger partial charge in [-0.15, -0.1) is 11.3 Å². The molecule has 0 atom stereocenters. The topological polar surface area (TPSA) is 84.9 Å². The van der Waals surface area contributed by atoms with Gasteiger partial charge in [-0.1, -0.05) is 17.7 Å². The Hall–Kier alpha value is -3.27. The van der Waals surface area contributed by atoms with Gasteiger partial charge in [-0.3, -0.25) is 9.10 Å². The second-order valence-corrected chi connectivity index (χ2v) is 10.7. The molecule has 1 amide bonds. The smallest absolute Gasteiger partial charge is 0.265 e. The highest BCUT2D eigenvalue weighted by Crippen LogP contribution is 2.33. The fraction of sp³-hybridized carbons (Fsp3) is 0.125. The molecule has 7 nitrogen and oxygen atoms in total. The van der Waals surface area contributed by atoms with Crippen LogP contribution in [-0.2, 0) is 10.0 Å². The molecule has 34 heavy (non-hydrogen) atoms. The normalized spacial score (nSPS) is 11.3. The van der Waals surface area contributed by atoms with Crippen molar-refractivity contribution in [3.8, 4) is 11.5 Å². The van der Waals surface area contributed by atoms with Crippen LogP contribution in [0.1, 0.15) is 9.67 Å². The number of anilines is 2. The van der Waals surface area contributed by atoms with Gasteiger partial charge in [0.05, 0.1) is 34.7 Å². The van der Waals surface area contributed by atoms with Crippen LogP contribution >= 0.6 is 22.9 Å². The predicted octanol–water partition coefficient (Wildman–Crippen LogP) is 5.65. The standard InChI is InChI=1S/C24H21ClN2O5S2/c1-27(34(29,30)19-8-9-21(32-3)20(25)14-19)17-7-10-22-15(11-17)12-23(33-22)24(28)26-16-5-4-6-18(13-16)31-2/h4-14H,1-3H3,(H,26,28). The van der Waals surface area contributed by atoms with Crippen LogP contribution in [0.15, 0.2) is 71.6 Å². The van der Waals surface area contributed by atoms with E-state index in [1.54, 1.807) is 55.6 Å². The van der Waals surface area contributed by atoms with Crippen molar-refractivity contribution in [2.75, 3.05) is 30.9 Å². The van der Waals surface area contributed by atoms with E-state index in [1.165, 1.54) is 48.0 Å². The van der Waals surface area contributed by atoms with Crippen LogP contribution in [0, 0.1) is 0 Å². The average Bonchev–Trinajstić information content (AvgIpc) is 3.27. The van der Waals surface area contributed by atoms with Gasteiger partial charge in [-0.05, 0) is 60.0 Å². The number of ether oxygens (including phenoxy) is 2. The number of fused-ring (bicyclic) bond motifs is 1. The number of nitrogens with one attached hydrogen (secondary N) is 1. The number of halogens is 1. The fourth-order valence-corrected chi connectivity index (χ4v) is 5.81. The minimum atomic E-state index is -3.86. The lowest BCUT2D eigenvalue weighted by Gasteiger charge is -2.20. The van der Waals surface area contributed by atoms with Crippen molar-refractivity contribution >= 4 is 60.3 Å². The molecule has 4 aromatic rings. The number of amides is 1. The van der Waals surface area contributed by atoms with Crippen molar-refractivity contribution in [1.82, 2.24) is 0 Å². The molecular formula is C24H21ClN2O5S2. The summed E-state index contributed by atoms with van der Waals surface area (Å²) in [5, 5.41) is 3.82. The maximum absolute atomic E-state index is 13.1. The van der Waals surface area contributed by atoms with Crippen molar-refractivity contribution in [2.24, 2.45) is 0 Å². The van der Waals surface area contributed by atoms with Gasteiger partial charge in [-0.2, -0.15) is 0 Å². The SMILES string of the molecule is COc1cccc(NC(=O)c2cc3cc(N(C)S(=O)(=O)c4ccc(OC)c(Cl)c4)ccc3s2)c1. The first kappa shape index (κ1) is 23.9. The van der Waals surface area contributed by atoms with Gasteiger partial charge in [0.1, 0.15) is 11.5 Å². The molecule has 1 heterocycles. The zero-order chi connectivity index (χ0) is 24.5. The molecular weight excluding hydrogens is 496 g/mol. The van der Waals surface area contributed by atoms with Crippen molar-refractivity contribution in [3.05, 3.63) is 76.6 Å². The zero-order valence-electron chi connectivity index (χ0n) is 18.5. The zero-order valence-corrected chi connectivity index (χ0v) is 20.9. The van der Waals surface area contributed by atoms with Crippen molar-refractivity contribution in [2.45, 2.75) is 4.90 Å². The molecule has 0 aliphatic carbocycles. The molecule has 10 heteroatoms. The number of hydrogen-bond donors (Lipinski definition) is 1. The molecule has 0 saturated carbocycles. The van der Waals surface area contributed by atoms with Gasteiger partial charge in [0, 0.05) is 23.5 Å². The summed E-state index contributed by atoms with van der Waals surface area (Å²) in [7, 11) is 0.632. The Morgan fingerprint density at radius 3 is 2.50 bits per heavy atom. The highest BCUT2D eigenvalue weighted by atomic mass is 35.5. The molecule has 0 bridgehead atoms. The van der Waals surface area contributed by atoms with E-state index in [9.17, 15) is 13.2 Å². The van der Waals surface area contributed by atoms with E-state index in [4.69, 9.17) is 21.1 Å². The van der Waals surface area contributed by atoms with Crippen molar-refractivity contribution in [3.63, 3.8) is 0 Å². The Kier molecular flexibility index (Phi) is 6.70. The minimum Gasteiger partial charge on any atom is -0.497 e. The molecule has 0 unspecified atom stereocenters. The number of nitrogens with zero attached hydrogens (tertiary/aromatic N) is 1. The largest absolute Gasteiger partial charge is 0.497 e. The number of thiophene rings is 1. The lowest BCUT2D eigenvalue weighted by molar-refractivity contribution is 0.103. The third-order valence-corrected chi connectivity index (χ3v) is 8.39. The van der Waals surface area contributed by atoms with Crippen molar-refractivity contribution < 1.29 is 22.7 Å². The number of benzene rings is 3. The third-order valence-electron chi connectivity index (χ3n) is 5.20. The second kappa shape index (κ2) is 9.54. The van der Waals surface area contributed by atoms with E-state index in [0.29, 0.717) is 27.8 Å². The monoisotopic (exact) mass is 516 g/mol. The first-order chi connectivity index (χ1) is 16.2. The number of sulfonamides is 1. The number of carbonyl (C=O) groups is 1. The molecule has 0 aliphatic heterocycles. The van der Waals surface area contributed by atoms with Crippen LogP contribution in [0.3, 0.4) is 0 Å². The fourth-order valence-electron chi connectivity index (χ4n) is 3.34. The van der Waals surface area contributed by atoms with E-state index in [2.05, 4.69) is 5.32 Å². The minimum absolute atomic E-state index is 0.0459. The molecule has 0 fully saturated rings. The maximum atomic E-state index is 13.1. The number of hydrogen-bond acceptors (Lipinski definition) is 6. The lowest BCUT2D eigenvalue weighted by atomic mass is 10.2. The molecule has 0 spiro atoms. The number of carbonyl (C=O) groups excluding carboxylic acids is 1. The summed E-state index contributed by atoms with van der Waals surface area (Å²) in [6, 6.07) is 18.4. The van der Waals surface area contributed by atoms with E-state index < -0.39 is 10.0 Å². The van der Waals surface area contributed by atoms with Crippen LogP contribution in [0.2, 0.25) is 5.02 Å². The van der Waals surface area contributed by atoms with E-state index in [1.807, 2.05) is 0 Å². The van der Waals surface area contributed by atoms with Crippen LogP contribution in [-0.4, -0.2) is 35.6 Å². The summed E-state index contributed by atoms with van der Waals surface area (Å²) in [5.41, 5.74) is 1.07. The van der Waals surface area contributed by atoms with Gasteiger partial charge in [0.2, 0.25) is 0 Å². The first-order valence-electron chi connectivity index (χ1n) is 10.0. The Bertz CT molecular complexity index is 1480. The Labute approximate surface area is 206 Å². The molecule has 176 valence electrons. The number of methoxy groups -OCH3 is 2. The van der Waals surface area contributed by atoms with Gasteiger partial charge in [0.25, 0.3) is 15.9 Å². The molecule has 4 rings (SSSR count). The van der Waals surface area contributed by atoms with E-state index in [-0.39, 0.29) is 15.8 Å².